The molecule has 0 amide bonds. The lowest BCUT2D eigenvalue weighted by Crippen LogP contribution is -2.23. The second kappa shape index (κ2) is 5.59. The molecule has 2 aromatic carbocycles. The first-order chi connectivity index (χ1) is 9.35. The van der Waals surface area contributed by atoms with E-state index >= 15 is 0 Å². The number of ether oxygens (including phenoxy) is 2. The molecule has 1 heterocycles. The summed E-state index contributed by atoms with van der Waals surface area (Å²) in [5.74, 6) is 0.901. The van der Waals surface area contributed by atoms with Gasteiger partial charge in [-0.1, -0.05) is 30.3 Å². The van der Waals surface area contributed by atoms with E-state index in [0.29, 0.717) is 13.2 Å². The van der Waals surface area contributed by atoms with Gasteiger partial charge in [-0.2, -0.15) is 0 Å². The Bertz CT molecular complexity index is 555. The zero-order chi connectivity index (χ0) is 13.1. The zero-order valence-electron chi connectivity index (χ0n) is 10.9. The topological polar surface area (TPSA) is 44.5 Å². The van der Waals surface area contributed by atoms with Crippen molar-refractivity contribution in [1.29, 1.82) is 0 Å². The smallest absolute Gasteiger partial charge is 0.120 e. The number of fused-ring (bicyclic) bond motifs is 1. The van der Waals surface area contributed by atoms with Crippen LogP contribution in [0, 0.1) is 0 Å². The molecule has 0 radical (unpaired) electrons. The SMILES string of the molecule is NCC1CCC(COc2ccc3ccccc3c2)O1. The van der Waals surface area contributed by atoms with Crippen LogP contribution in [-0.4, -0.2) is 25.4 Å². The highest BCUT2D eigenvalue weighted by Gasteiger charge is 2.24. The van der Waals surface area contributed by atoms with E-state index < -0.39 is 0 Å². The molecule has 100 valence electrons. The van der Waals surface area contributed by atoms with Gasteiger partial charge in [0.2, 0.25) is 0 Å². The molecular weight excluding hydrogens is 238 g/mol. The van der Waals surface area contributed by atoms with E-state index in [2.05, 4.69) is 24.3 Å². The third-order valence-electron chi connectivity index (χ3n) is 3.62. The number of rotatable bonds is 4. The molecule has 19 heavy (non-hydrogen) atoms. The molecule has 1 fully saturated rings. The normalized spacial score (nSPS) is 22.8. The van der Waals surface area contributed by atoms with E-state index in [1.165, 1.54) is 10.8 Å². The molecule has 1 saturated heterocycles. The lowest BCUT2D eigenvalue weighted by molar-refractivity contribution is 0.0222. The van der Waals surface area contributed by atoms with Crippen molar-refractivity contribution in [3.8, 4) is 5.75 Å². The molecule has 2 unspecified atom stereocenters. The number of hydrogen-bond acceptors (Lipinski definition) is 3. The van der Waals surface area contributed by atoms with Crippen molar-refractivity contribution < 1.29 is 9.47 Å². The summed E-state index contributed by atoms with van der Waals surface area (Å²) in [6.45, 7) is 1.21. The maximum Gasteiger partial charge on any atom is 0.120 e. The van der Waals surface area contributed by atoms with Crippen molar-refractivity contribution in [1.82, 2.24) is 0 Å². The summed E-state index contributed by atoms with van der Waals surface area (Å²) in [5.41, 5.74) is 5.60. The Labute approximate surface area is 113 Å². The average molecular weight is 257 g/mol. The minimum absolute atomic E-state index is 0.181. The van der Waals surface area contributed by atoms with Crippen molar-refractivity contribution in [2.45, 2.75) is 25.0 Å². The maximum absolute atomic E-state index is 5.83. The Kier molecular flexibility index (Phi) is 3.67. The second-order valence-corrected chi connectivity index (χ2v) is 5.01. The van der Waals surface area contributed by atoms with Crippen molar-refractivity contribution in [3.63, 3.8) is 0 Å². The Morgan fingerprint density at radius 1 is 1.05 bits per heavy atom. The van der Waals surface area contributed by atoms with Crippen LogP contribution in [0.3, 0.4) is 0 Å². The third kappa shape index (κ3) is 2.88. The van der Waals surface area contributed by atoms with E-state index in [-0.39, 0.29) is 12.2 Å². The Morgan fingerprint density at radius 2 is 1.84 bits per heavy atom. The summed E-state index contributed by atoms with van der Waals surface area (Å²) in [5, 5.41) is 2.43. The first-order valence-corrected chi connectivity index (χ1v) is 6.82. The van der Waals surface area contributed by atoms with Crippen LogP contribution in [0.15, 0.2) is 42.5 Å². The predicted octanol–water partition coefficient (Wildman–Crippen LogP) is 2.72. The van der Waals surface area contributed by atoms with Crippen molar-refractivity contribution in [3.05, 3.63) is 42.5 Å². The van der Waals surface area contributed by atoms with E-state index in [4.69, 9.17) is 15.2 Å². The molecular formula is C16H19NO2. The fourth-order valence-electron chi connectivity index (χ4n) is 2.52. The van der Waals surface area contributed by atoms with Gasteiger partial charge in [-0.25, -0.2) is 0 Å². The van der Waals surface area contributed by atoms with E-state index in [1.807, 2.05) is 18.2 Å². The van der Waals surface area contributed by atoms with Crippen LogP contribution in [0.25, 0.3) is 10.8 Å². The molecule has 0 spiro atoms. The summed E-state index contributed by atoms with van der Waals surface area (Å²) < 4.78 is 11.6. The van der Waals surface area contributed by atoms with Gasteiger partial charge < -0.3 is 15.2 Å². The molecule has 0 saturated carbocycles. The summed E-state index contributed by atoms with van der Waals surface area (Å²) in [6.07, 6.45) is 2.47. The van der Waals surface area contributed by atoms with Gasteiger partial charge in [-0.3, -0.25) is 0 Å². The van der Waals surface area contributed by atoms with Crippen LogP contribution >= 0.6 is 0 Å². The molecule has 0 bridgehead atoms. The van der Waals surface area contributed by atoms with E-state index in [0.717, 1.165) is 18.6 Å². The first kappa shape index (κ1) is 12.5. The van der Waals surface area contributed by atoms with Gasteiger partial charge in [0.05, 0.1) is 12.2 Å². The van der Waals surface area contributed by atoms with E-state index in [9.17, 15) is 0 Å². The van der Waals surface area contributed by atoms with Gasteiger partial charge >= 0.3 is 0 Å². The fourth-order valence-corrected chi connectivity index (χ4v) is 2.52. The van der Waals surface area contributed by atoms with Gasteiger partial charge in [-0.05, 0) is 35.7 Å². The van der Waals surface area contributed by atoms with Crippen LogP contribution in [0.4, 0.5) is 0 Å². The van der Waals surface area contributed by atoms with E-state index in [1.54, 1.807) is 0 Å². The molecule has 3 nitrogen and oxygen atoms in total. The number of hydrogen-bond donors (Lipinski definition) is 1. The predicted molar refractivity (Wildman–Crippen MR) is 76.4 cm³/mol. The minimum atomic E-state index is 0.181. The molecule has 1 aliphatic rings. The third-order valence-corrected chi connectivity index (χ3v) is 3.62. The monoisotopic (exact) mass is 257 g/mol. The Hall–Kier alpha value is -1.58. The molecule has 1 aliphatic heterocycles. The van der Waals surface area contributed by atoms with Crippen LogP contribution < -0.4 is 10.5 Å². The van der Waals surface area contributed by atoms with Gasteiger partial charge in [0.1, 0.15) is 12.4 Å². The highest BCUT2D eigenvalue weighted by atomic mass is 16.5. The molecule has 0 aliphatic carbocycles. The summed E-state index contributed by atoms with van der Waals surface area (Å²) in [6, 6.07) is 14.5. The second-order valence-electron chi connectivity index (χ2n) is 5.01. The minimum Gasteiger partial charge on any atom is -0.491 e. The van der Waals surface area contributed by atoms with Crippen LogP contribution in [0.1, 0.15) is 12.8 Å². The zero-order valence-corrected chi connectivity index (χ0v) is 10.9. The van der Waals surface area contributed by atoms with Gasteiger partial charge in [0.15, 0.2) is 0 Å². The maximum atomic E-state index is 5.83. The van der Waals surface area contributed by atoms with Gasteiger partial charge in [-0.15, -0.1) is 0 Å². The Morgan fingerprint density at radius 3 is 2.63 bits per heavy atom. The summed E-state index contributed by atoms with van der Waals surface area (Å²) in [4.78, 5) is 0. The fraction of sp³-hybridized carbons (Fsp3) is 0.375. The number of nitrogens with two attached hydrogens (primary N) is 1. The molecule has 3 heteroatoms. The summed E-state index contributed by atoms with van der Waals surface area (Å²) in [7, 11) is 0. The number of benzene rings is 2. The van der Waals surface area contributed by atoms with Crippen LogP contribution in [0.5, 0.6) is 5.75 Å². The first-order valence-electron chi connectivity index (χ1n) is 6.82. The quantitative estimate of drug-likeness (QED) is 0.916. The largest absolute Gasteiger partial charge is 0.491 e. The summed E-state index contributed by atoms with van der Waals surface area (Å²) >= 11 is 0. The van der Waals surface area contributed by atoms with Crippen molar-refractivity contribution in [2.24, 2.45) is 5.73 Å². The highest BCUT2D eigenvalue weighted by molar-refractivity contribution is 5.83. The lowest BCUT2D eigenvalue weighted by atomic mass is 10.1. The highest BCUT2D eigenvalue weighted by Crippen LogP contribution is 2.23. The van der Waals surface area contributed by atoms with Crippen LogP contribution in [-0.2, 0) is 4.74 Å². The molecule has 2 aromatic rings. The standard InChI is InChI=1S/C16H19NO2/c17-10-15-7-8-16(19-15)11-18-14-6-5-12-3-1-2-4-13(12)9-14/h1-6,9,15-16H,7-8,10-11,17H2. The molecule has 2 N–H and O–H groups in total. The van der Waals surface area contributed by atoms with Crippen molar-refractivity contribution in [2.75, 3.05) is 13.2 Å². The van der Waals surface area contributed by atoms with Gasteiger partial charge in [0, 0.05) is 6.54 Å². The molecule has 3 rings (SSSR count). The molecule has 2 atom stereocenters. The lowest BCUT2D eigenvalue weighted by Gasteiger charge is -2.14. The average Bonchev–Trinajstić information content (AvgIpc) is 2.93. The van der Waals surface area contributed by atoms with Gasteiger partial charge in [0.25, 0.3) is 0 Å². The molecule has 0 aromatic heterocycles. The Balaban J connectivity index is 1.62. The van der Waals surface area contributed by atoms with Crippen molar-refractivity contribution >= 4 is 10.8 Å². The van der Waals surface area contributed by atoms with Crippen LogP contribution in [0.2, 0.25) is 0 Å².